The number of rotatable bonds is 7. The van der Waals surface area contributed by atoms with Crippen LogP contribution in [0.2, 0.25) is 5.02 Å². The van der Waals surface area contributed by atoms with Crippen LogP contribution in [-0.4, -0.2) is 50.3 Å². The summed E-state index contributed by atoms with van der Waals surface area (Å²) in [5.41, 5.74) is 0.894. The summed E-state index contributed by atoms with van der Waals surface area (Å²) < 4.78 is 32.7. The second-order valence-electron chi connectivity index (χ2n) is 7.37. The number of carbonyl (C=O) groups excluding carboxylic acids is 1. The molecule has 2 aromatic rings. The summed E-state index contributed by atoms with van der Waals surface area (Å²) in [5, 5.41) is 0.633. The topological polar surface area (TPSA) is 66.9 Å². The van der Waals surface area contributed by atoms with Crippen LogP contribution in [0.4, 0.5) is 0 Å². The van der Waals surface area contributed by atoms with Crippen molar-refractivity contribution in [1.82, 2.24) is 9.21 Å². The number of carbonyl (C=O) groups is 1. The van der Waals surface area contributed by atoms with Gasteiger partial charge < -0.3 is 9.64 Å². The highest BCUT2D eigenvalue weighted by molar-refractivity contribution is 7.89. The minimum Gasteiger partial charge on any atom is -0.494 e. The number of ether oxygens (including phenoxy) is 1. The van der Waals surface area contributed by atoms with Gasteiger partial charge in [-0.1, -0.05) is 29.8 Å². The van der Waals surface area contributed by atoms with E-state index in [2.05, 4.69) is 0 Å². The Hall–Kier alpha value is -2.09. The van der Waals surface area contributed by atoms with Gasteiger partial charge in [0.2, 0.25) is 15.9 Å². The lowest BCUT2D eigenvalue weighted by molar-refractivity contribution is -0.135. The van der Waals surface area contributed by atoms with Crippen LogP contribution in [-0.2, 0) is 21.4 Å². The van der Waals surface area contributed by atoms with Crippen LogP contribution < -0.4 is 4.74 Å². The van der Waals surface area contributed by atoms with E-state index in [4.69, 9.17) is 16.3 Å². The van der Waals surface area contributed by atoms with Gasteiger partial charge in [-0.3, -0.25) is 4.79 Å². The van der Waals surface area contributed by atoms with E-state index in [1.54, 1.807) is 42.3 Å². The zero-order valence-corrected chi connectivity index (χ0v) is 18.8. The minimum atomic E-state index is -3.58. The molecule has 3 rings (SSSR count). The van der Waals surface area contributed by atoms with E-state index in [0.29, 0.717) is 49.9 Å². The molecule has 0 saturated carbocycles. The molecule has 1 fully saturated rings. The predicted octanol–water partition coefficient (Wildman–Crippen LogP) is 3.80. The predicted molar refractivity (Wildman–Crippen MR) is 117 cm³/mol. The lowest BCUT2D eigenvalue weighted by Crippen LogP contribution is -2.43. The van der Waals surface area contributed by atoms with Crippen molar-refractivity contribution in [3.8, 4) is 5.75 Å². The first-order valence-electron chi connectivity index (χ1n) is 10.0. The molecule has 8 heteroatoms. The maximum absolute atomic E-state index is 12.9. The van der Waals surface area contributed by atoms with Crippen molar-refractivity contribution >= 4 is 27.5 Å². The fraction of sp³-hybridized carbons (Fsp3) is 0.409. The molecule has 1 amide bonds. The summed E-state index contributed by atoms with van der Waals surface area (Å²) in [7, 11) is -1.82. The largest absolute Gasteiger partial charge is 0.494 e. The highest BCUT2D eigenvalue weighted by Crippen LogP contribution is 2.27. The molecular weight excluding hydrogens is 424 g/mol. The Morgan fingerprint density at radius 3 is 2.37 bits per heavy atom. The molecule has 1 aliphatic heterocycles. The summed E-state index contributed by atoms with van der Waals surface area (Å²) in [6.07, 6.45) is 1.00. The number of hydrogen-bond donors (Lipinski definition) is 0. The number of halogens is 1. The van der Waals surface area contributed by atoms with E-state index in [0.717, 1.165) is 5.56 Å². The van der Waals surface area contributed by atoms with Crippen LogP contribution in [0.15, 0.2) is 53.4 Å². The third kappa shape index (κ3) is 5.14. The first kappa shape index (κ1) is 22.6. The molecule has 0 N–H and O–H groups in total. The van der Waals surface area contributed by atoms with E-state index in [1.807, 2.05) is 25.1 Å². The van der Waals surface area contributed by atoms with Gasteiger partial charge in [-0.2, -0.15) is 4.31 Å². The van der Waals surface area contributed by atoms with Gasteiger partial charge in [0.05, 0.1) is 11.5 Å². The Morgan fingerprint density at radius 1 is 1.13 bits per heavy atom. The van der Waals surface area contributed by atoms with Gasteiger partial charge in [-0.25, -0.2) is 8.42 Å². The van der Waals surface area contributed by atoms with E-state index in [-0.39, 0.29) is 16.7 Å². The van der Waals surface area contributed by atoms with Crippen LogP contribution in [0.1, 0.15) is 25.3 Å². The lowest BCUT2D eigenvalue weighted by atomic mass is 9.96. The molecule has 1 saturated heterocycles. The molecule has 0 spiro atoms. The monoisotopic (exact) mass is 450 g/mol. The number of benzene rings is 2. The van der Waals surface area contributed by atoms with E-state index in [1.165, 1.54) is 4.31 Å². The fourth-order valence-electron chi connectivity index (χ4n) is 3.64. The Labute approximate surface area is 183 Å². The zero-order valence-electron chi connectivity index (χ0n) is 17.3. The summed E-state index contributed by atoms with van der Waals surface area (Å²) in [6, 6.07) is 13.9. The van der Waals surface area contributed by atoms with Gasteiger partial charge in [0, 0.05) is 37.6 Å². The maximum atomic E-state index is 12.9. The van der Waals surface area contributed by atoms with Gasteiger partial charge in [0.15, 0.2) is 0 Å². The number of nitrogens with zero attached hydrogens (tertiary/aromatic N) is 2. The molecule has 0 aromatic heterocycles. The quantitative estimate of drug-likeness (QED) is 0.643. The molecule has 0 radical (unpaired) electrons. The van der Waals surface area contributed by atoms with E-state index < -0.39 is 10.0 Å². The highest BCUT2D eigenvalue weighted by Gasteiger charge is 2.33. The van der Waals surface area contributed by atoms with Crippen LogP contribution in [0.3, 0.4) is 0 Å². The van der Waals surface area contributed by atoms with Crippen molar-refractivity contribution in [3.63, 3.8) is 0 Å². The first-order valence-corrected chi connectivity index (χ1v) is 11.9. The molecule has 6 nitrogen and oxygen atoms in total. The second kappa shape index (κ2) is 9.81. The Morgan fingerprint density at radius 2 is 1.77 bits per heavy atom. The van der Waals surface area contributed by atoms with Crippen molar-refractivity contribution < 1.29 is 17.9 Å². The Balaban J connectivity index is 1.59. The van der Waals surface area contributed by atoms with Crippen LogP contribution in [0, 0.1) is 5.92 Å². The summed E-state index contributed by atoms with van der Waals surface area (Å²) in [4.78, 5) is 14.8. The summed E-state index contributed by atoms with van der Waals surface area (Å²) >= 11 is 6.19. The molecule has 2 aromatic carbocycles. The van der Waals surface area contributed by atoms with Gasteiger partial charge >= 0.3 is 0 Å². The molecule has 0 unspecified atom stereocenters. The molecule has 30 heavy (non-hydrogen) atoms. The Kier molecular flexibility index (Phi) is 7.39. The SMILES string of the molecule is CCOc1ccc(S(=O)(=O)N2CCC(C(=O)N(C)Cc3ccccc3Cl)CC2)cc1. The Bertz CT molecular complexity index is 971. The molecule has 1 heterocycles. The van der Waals surface area contributed by atoms with Crippen molar-refractivity contribution in [3.05, 3.63) is 59.1 Å². The molecule has 1 aliphatic rings. The maximum Gasteiger partial charge on any atom is 0.243 e. The lowest BCUT2D eigenvalue weighted by Gasteiger charge is -2.32. The average Bonchev–Trinajstić information content (AvgIpc) is 2.75. The third-order valence-corrected chi connectivity index (χ3v) is 7.60. The number of piperidine rings is 1. The summed E-state index contributed by atoms with van der Waals surface area (Å²) in [5.74, 6) is 0.472. The third-order valence-electron chi connectivity index (χ3n) is 5.32. The van der Waals surface area contributed by atoms with Crippen LogP contribution >= 0.6 is 11.6 Å². The second-order valence-corrected chi connectivity index (χ2v) is 9.71. The van der Waals surface area contributed by atoms with E-state index in [9.17, 15) is 13.2 Å². The van der Waals surface area contributed by atoms with Crippen LogP contribution in [0.5, 0.6) is 5.75 Å². The van der Waals surface area contributed by atoms with Crippen molar-refractivity contribution in [2.24, 2.45) is 5.92 Å². The van der Waals surface area contributed by atoms with E-state index >= 15 is 0 Å². The molecule has 0 atom stereocenters. The number of hydrogen-bond acceptors (Lipinski definition) is 4. The van der Waals surface area contributed by atoms with Crippen molar-refractivity contribution in [1.29, 1.82) is 0 Å². The zero-order chi connectivity index (χ0) is 21.7. The smallest absolute Gasteiger partial charge is 0.243 e. The van der Waals surface area contributed by atoms with Gasteiger partial charge in [0.25, 0.3) is 0 Å². The summed E-state index contributed by atoms with van der Waals surface area (Å²) in [6.45, 7) is 3.49. The van der Waals surface area contributed by atoms with Gasteiger partial charge in [-0.05, 0) is 55.7 Å². The molecular formula is C22H27ClN2O4S. The number of sulfonamides is 1. The average molecular weight is 451 g/mol. The fourth-order valence-corrected chi connectivity index (χ4v) is 5.30. The minimum absolute atomic E-state index is 0.0213. The van der Waals surface area contributed by atoms with Crippen molar-refractivity contribution in [2.45, 2.75) is 31.2 Å². The van der Waals surface area contributed by atoms with Gasteiger partial charge in [-0.15, -0.1) is 0 Å². The highest BCUT2D eigenvalue weighted by atomic mass is 35.5. The molecule has 0 bridgehead atoms. The normalized spacial score (nSPS) is 15.7. The first-order chi connectivity index (χ1) is 14.3. The van der Waals surface area contributed by atoms with Gasteiger partial charge in [0.1, 0.15) is 5.75 Å². The standard InChI is InChI=1S/C22H27ClN2O4S/c1-3-29-19-8-10-20(11-9-19)30(27,28)25-14-12-17(13-15-25)22(26)24(2)16-18-6-4-5-7-21(18)23/h4-11,17H,3,12-16H2,1-2H3. The molecule has 0 aliphatic carbocycles. The molecule has 162 valence electrons. The van der Waals surface area contributed by atoms with Crippen molar-refractivity contribution in [2.75, 3.05) is 26.7 Å². The van der Waals surface area contributed by atoms with Crippen LogP contribution in [0.25, 0.3) is 0 Å². The number of amides is 1.